The number of thiophene rings is 1. The first-order valence-corrected chi connectivity index (χ1v) is 11.4. The second-order valence-corrected chi connectivity index (χ2v) is 10.2. The first kappa shape index (κ1) is 21.0. The molecule has 1 aromatic heterocycles. The maximum absolute atomic E-state index is 12.9. The Morgan fingerprint density at radius 2 is 1.97 bits per heavy atom. The van der Waals surface area contributed by atoms with Crippen LogP contribution >= 0.6 is 22.9 Å². The number of hydrogen-bond donors (Lipinski definition) is 0. The van der Waals surface area contributed by atoms with Gasteiger partial charge in [-0.25, -0.2) is 4.79 Å². The second-order valence-electron chi connectivity index (χ2n) is 8.62. The lowest BCUT2D eigenvalue weighted by molar-refractivity contribution is 0.0582. The maximum atomic E-state index is 12.9. The van der Waals surface area contributed by atoms with Gasteiger partial charge in [-0.2, -0.15) is 0 Å². The van der Waals surface area contributed by atoms with E-state index < -0.39 is 5.60 Å². The van der Waals surface area contributed by atoms with E-state index in [1.807, 2.05) is 57.2 Å². The Hall–Kier alpha value is -2.24. The number of hydrogen-bond acceptors (Lipinski definition) is 4. The minimum Gasteiger partial charge on any atom is -0.488 e. The zero-order valence-corrected chi connectivity index (χ0v) is 19.3. The number of benzene rings is 2. The zero-order valence-electron chi connectivity index (χ0n) is 17.7. The van der Waals surface area contributed by atoms with Crippen molar-refractivity contribution < 1.29 is 14.3 Å². The van der Waals surface area contributed by atoms with Gasteiger partial charge in [0.15, 0.2) is 0 Å². The van der Waals surface area contributed by atoms with Crippen LogP contribution in [-0.4, -0.2) is 24.1 Å². The van der Waals surface area contributed by atoms with Gasteiger partial charge in [-0.1, -0.05) is 30.3 Å². The third kappa shape index (κ3) is 4.14. The Bertz CT molecular complexity index is 1070. The smallest absolute Gasteiger partial charge is 0.414 e. The minimum atomic E-state index is -0.563. The highest BCUT2D eigenvalue weighted by Crippen LogP contribution is 2.48. The lowest BCUT2D eigenvalue weighted by Gasteiger charge is -2.25. The summed E-state index contributed by atoms with van der Waals surface area (Å²) in [5.74, 6) is 1.29. The normalized spacial score (nSPS) is 16.0. The number of carbonyl (C=O) groups excluding carboxylic acids is 1. The standard InChI is InChI=1S/C24H26ClNO3S/c1-15-10-18-20(28-14-16-8-6-5-7-9-16)11-19-21(22(18)30-15)17(12-25)13-26(19)23(27)29-24(2,3)4/h5-11,17H,12-14H2,1-4H3/t17-/m0/s1. The molecular formula is C24H26ClNO3S. The summed E-state index contributed by atoms with van der Waals surface area (Å²) in [6, 6.07) is 14.2. The van der Waals surface area contributed by atoms with Crippen molar-refractivity contribution in [2.24, 2.45) is 0 Å². The van der Waals surface area contributed by atoms with Crippen LogP contribution in [0, 0.1) is 6.92 Å². The van der Waals surface area contributed by atoms with Crippen molar-refractivity contribution in [1.29, 1.82) is 0 Å². The van der Waals surface area contributed by atoms with E-state index in [4.69, 9.17) is 21.1 Å². The summed E-state index contributed by atoms with van der Waals surface area (Å²) >= 11 is 8.04. The Morgan fingerprint density at radius 1 is 1.23 bits per heavy atom. The molecule has 6 heteroatoms. The molecule has 3 aromatic rings. The number of aryl methyl sites for hydroxylation is 1. The van der Waals surface area contributed by atoms with Crippen LogP contribution < -0.4 is 9.64 Å². The van der Waals surface area contributed by atoms with Crippen molar-refractivity contribution in [3.8, 4) is 5.75 Å². The maximum Gasteiger partial charge on any atom is 0.414 e. The van der Waals surface area contributed by atoms with Crippen LogP contribution in [-0.2, 0) is 11.3 Å². The molecule has 0 N–H and O–H groups in total. The number of alkyl halides is 1. The monoisotopic (exact) mass is 443 g/mol. The first-order valence-electron chi connectivity index (χ1n) is 10.1. The quantitative estimate of drug-likeness (QED) is 0.413. The second kappa shape index (κ2) is 8.12. The van der Waals surface area contributed by atoms with Crippen molar-refractivity contribution in [3.63, 3.8) is 0 Å². The van der Waals surface area contributed by atoms with Gasteiger partial charge in [0.1, 0.15) is 18.0 Å². The van der Waals surface area contributed by atoms with E-state index in [0.29, 0.717) is 19.0 Å². The molecule has 0 saturated carbocycles. The molecule has 4 rings (SSSR count). The van der Waals surface area contributed by atoms with Gasteiger partial charge in [0, 0.05) is 44.9 Å². The van der Waals surface area contributed by atoms with E-state index in [1.165, 1.54) is 4.88 Å². The zero-order chi connectivity index (χ0) is 21.5. The number of nitrogens with zero attached hydrogens (tertiary/aromatic N) is 1. The van der Waals surface area contributed by atoms with Gasteiger partial charge in [-0.15, -0.1) is 22.9 Å². The van der Waals surface area contributed by atoms with E-state index in [1.54, 1.807) is 16.2 Å². The third-order valence-electron chi connectivity index (χ3n) is 5.05. The molecule has 0 unspecified atom stereocenters. The predicted octanol–water partition coefficient (Wildman–Crippen LogP) is 6.87. The Morgan fingerprint density at radius 3 is 2.63 bits per heavy atom. The van der Waals surface area contributed by atoms with Crippen LogP contribution in [0.15, 0.2) is 42.5 Å². The van der Waals surface area contributed by atoms with Gasteiger partial charge in [-0.05, 0) is 39.3 Å². The molecule has 1 atom stereocenters. The van der Waals surface area contributed by atoms with Crippen molar-refractivity contribution in [3.05, 3.63) is 58.5 Å². The van der Waals surface area contributed by atoms with Gasteiger partial charge < -0.3 is 9.47 Å². The molecule has 158 valence electrons. The summed E-state index contributed by atoms with van der Waals surface area (Å²) in [7, 11) is 0. The average molecular weight is 444 g/mol. The van der Waals surface area contributed by atoms with E-state index in [0.717, 1.165) is 32.6 Å². The van der Waals surface area contributed by atoms with Crippen LogP contribution in [0.5, 0.6) is 5.75 Å². The summed E-state index contributed by atoms with van der Waals surface area (Å²) in [5.41, 5.74) is 2.50. The summed E-state index contributed by atoms with van der Waals surface area (Å²) in [6.07, 6.45) is -0.349. The highest BCUT2D eigenvalue weighted by atomic mass is 35.5. The molecule has 30 heavy (non-hydrogen) atoms. The van der Waals surface area contributed by atoms with Crippen molar-refractivity contribution in [2.45, 2.75) is 45.8 Å². The Labute approximate surface area is 186 Å². The largest absolute Gasteiger partial charge is 0.488 e. The number of carbonyl (C=O) groups is 1. The number of amides is 1. The average Bonchev–Trinajstić information content (AvgIpc) is 3.25. The Balaban J connectivity index is 1.77. The SMILES string of the molecule is Cc1cc2c(OCc3ccccc3)cc3c(c2s1)[C@@H](CCl)CN3C(=O)OC(C)(C)C. The summed E-state index contributed by atoms with van der Waals surface area (Å²) < 4.78 is 13.0. The summed E-state index contributed by atoms with van der Waals surface area (Å²) in [4.78, 5) is 15.8. The molecule has 2 heterocycles. The van der Waals surface area contributed by atoms with Gasteiger partial charge in [0.05, 0.1) is 5.69 Å². The molecule has 1 amide bonds. The van der Waals surface area contributed by atoms with Gasteiger partial charge in [0.25, 0.3) is 0 Å². The van der Waals surface area contributed by atoms with Gasteiger partial charge in [-0.3, -0.25) is 4.90 Å². The summed E-state index contributed by atoms with van der Waals surface area (Å²) in [6.45, 7) is 8.70. The van der Waals surface area contributed by atoms with Gasteiger partial charge in [0.2, 0.25) is 0 Å². The fraction of sp³-hybridized carbons (Fsp3) is 0.375. The molecule has 1 aliphatic heterocycles. The number of rotatable bonds is 4. The van der Waals surface area contributed by atoms with Crippen molar-refractivity contribution in [1.82, 2.24) is 0 Å². The molecule has 2 aromatic carbocycles. The van der Waals surface area contributed by atoms with Crippen molar-refractivity contribution in [2.75, 3.05) is 17.3 Å². The van der Waals surface area contributed by atoms with E-state index in [-0.39, 0.29) is 12.0 Å². The Kier molecular flexibility index (Phi) is 5.69. The van der Waals surface area contributed by atoms with Crippen molar-refractivity contribution >= 4 is 44.8 Å². The number of fused-ring (bicyclic) bond motifs is 3. The molecule has 0 bridgehead atoms. The van der Waals surface area contributed by atoms with Crippen LogP contribution in [0.1, 0.15) is 42.7 Å². The minimum absolute atomic E-state index is 0.0675. The molecular weight excluding hydrogens is 418 g/mol. The molecule has 4 nitrogen and oxygen atoms in total. The van der Waals surface area contributed by atoms with Crippen LogP contribution in [0.4, 0.5) is 10.5 Å². The predicted molar refractivity (Wildman–Crippen MR) is 124 cm³/mol. The molecule has 0 saturated heterocycles. The van der Waals surface area contributed by atoms with Crippen LogP contribution in [0.25, 0.3) is 10.1 Å². The van der Waals surface area contributed by atoms with Crippen LogP contribution in [0.3, 0.4) is 0 Å². The molecule has 0 radical (unpaired) electrons. The summed E-state index contributed by atoms with van der Waals surface area (Å²) in [5, 5.41) is 1.08. The number of halogens is 1. The highest BCUT2D eigenvalue weighted by Gasteiger charge is 2.37. The number of ether oxygens (including phenoxy) is 2. The fourth-order valence-electron chi connectivity index (χ4n) is 3.79. The lowest BCUT2D eigenvalue weighted by Crippen LogP contribution is -2.36. The topological polar surface area (TPSA) is 38.8 Å². The highest BCUT2D eigenvalue weighted by molar-refractivity contribution is 7.19. The van der Waals surface area contributed by atoms with Crippen LogP contribution in [0.2, 0.25) is 0 Å². The molecule has 0 spiro atoms. The molecule has 1 aliphatic rings. The van der Waals surface area contributed by atoms with E-state index in [2.05, 4.69) is 13.0 Å². The fourth-order valence-corrected chi connectivity index (χ4v) is 5.19. The van der Waals surface area contributed by atoms with Gasteiger partial charge >= 0.3 is 6.09 Å². The lowest BCUT2D eigenvalue weighted by atomic mass is 10.0. The van der Waals surface area contributed by atoms with E-state index >= 15 is 0 Å². The van der Waals surface area contributed by atoms with E-state index in [9.17, 15) is 4.79 Å². The third-order valence-corrected chi connectivity index (χ3v) is 6.50. The molecule has 0 fully saturated rings. The number of anilines is 1. The molecule has 0 aliphatic carbocycles. The first-order chi connectivity index (χ1) is 14.3.